The van der Waals surface area contributed by atoms with Crippen LogP contribution in [0.1, 0.15) is 20.8 Å². The fraction of sp³-hybridized carbons (Fsp3) is 0.909. The molecule has 1 unspecified atom stereocenters. The standard InChI is InChI=1S/C11H23N3O3/c1-11(2,3)17-10(16)9-8-13(6-7-15)4-5-14(9)12/h9,15H,4-8,12H2,1-3H3. The Morgan fingerprint density at radius 1 is 1.47 bits per heavy atom. The number of rotatable bonds is 3. The summed E-state index contributed by atoms with van der Waals surface area (Å²) in [6, 6.07) is -0.450. The third kappa shape index (κ3) is 4.59. The van der Waals surface area contributed by atoms with Gasteiger partial charge in [0.1, 0.15) is 11.6 Å². The monoisotopic (exact) mass is 245 g/mol. The average molecular weight is 245 g/mol. The SMILES string of the molecule is CC(C)(C)OC(=O)C1CN(CCO)CCN1N. The van der Waals surface area contributed by atoms with Gasteiger partial charge in [-0.25, -0.2) is 5.01 Å². The molecule has 0 aromatic carbocycles. The lowest BCUT2D eigenvalue weighted by atomic mass is 10.1. The summed E-state index contributed by atoms with van der Waals surface area (Å²) >= 11 is 0. The van der Waals surface area contributed by atoms with Gasteiger partial charge >= 0.3 is 5.97 Å². The fourth-order valence-electron chi connectivity index (χ4n) is 1.78. The highest BCUT2D eigenvalue weighted by molar-refractivity contribution is 5.76. The molecule has 1 rings (SSSR count). The van der Waals surface area contributed by atoms with Crippen LogP contribution in [0.5, 0.6) is 0 Å². The first kappa shape index (κ1) is 14.4. The third-order valence-corrected chi connectivity index (χ3v) is 2.60. The van der Waals surface area contributed by atoms with Gasteiger partial charge in [0.2, 0.25) is 0 Å². The van der Waals surface area contributed by atoms with Crippen LogP contribution in [-0.2, 0) is 9.53 Å². The van der Waals surface area contributed by atoms with E-state index in [4.69, 9.17) is 15.7 Å². The number of hydrogen-bond donors (Lipinski definition) is 2. The maximum absolute atomic E-state index is 11.9. The van der Waals surface area contributed by atoms with Crippen LogP contribution in [0, 0.1) is 0 Å². The molecule has 3 N–H and O–H groups in total. The summed E-state index contributed by atoms with van der Waals surface area (Å²) in [6.07, 6.45) is 0. The van der Waals surface area contributed by atoms with Crippen LogP contribution in [0.3, 0.4) is 0 Å². The number of aliphatic hydroxyl groups is 1. The van der Waals surface area contributed by atoms with Gasteiger partial charge in [-0.2, -0.15) is 0 Å². The summed E-state index contributed by atoms with van der Waals surface area (Å²) in [4.78, 5) is 14.0. The average Bonchev–Trinajstić information content (AvgIpc) is 2.18. The first-order valence-corrected chi connectivity index (χ1v) is 5.91. The highest BCUT2D eigenvalue weighted by Gasteiger charge is 2.33. The van der Waals surface area contributed by atoms with Crippen LogP contribution in [-0.4, -0.2) is 65.4 Å². The Balaban J connectivity index is 2.57. The van der Waals surface area contributed by atoms with E-state index in [1.807, 2.05) is 25.7 Å². The second kappa shape index (κ2) is 5.77. The van der Waals surface area contributed by atoms with Gasteiger partial charge in [0.25, 0.3) is 0 Å². The Morgan fingerprint density at radius 2 is 2.12 bits per heavy atom. The van der Waals surface area contributed by atoms with Gasteiger partial charge in [-0.15, -0.1) is 0 Å². The van der Waals surface area contributed by atoms with Crippen molar-refractivity contribution in [1.29, 1.82) is 0 Å². The number of carbonyl (C=O) groups excluding carboxylic acids is 1. The van der Waals surface area contributed by atoms with E-state index < -0.39 is 11.6 Å². The van der Waals surface area contributed by atoms with Gasteiger partial charge in [-0.3, -0.25) is 15.5 Å². The zero-order valence-electron chi connectivity index (χ0n) is 10.8. The smallest absolute Gasteiger partial charge is 0.326 e. The number of carbonyl (C=O) groups is 1. The molecule has 1 atom stereocenters. The molecule has 6 heteroatoms. The number of esters is 1. The molecule has 1 fully saturated rings. The molecule has 0 aromatic heterocycles. The van der Waals surface area contributed by atoms with Crippen molar-refractivity contribution in [1.82, 2.24) is 9.91 Å². The number of β-amino-alcohol motifs (C(OH)–C–C–N with tert-alkyl or cyclic N) is 1. The second-order valence-electron chi connectivity index (χ2n) is 5.31. The maximum atomic E-state index is 11.9. The molecule has 17 heavy (non-hydrogen) atoms. The summed E-state index contributed by atoms with van der Waals surface area (Å²) in [6.45, 7) is 8.02. The number of hydrogen-bond acceptors (Lipinski definition) is 6. The summed E-state index contributed by atoms with van der Waals surface area (Å²) in [5.74, 6) is 5.50. The minimum atomic E-state index is -0.503. The number of nitrogens with two attached hydrogens (primary N) is 1. The van der Waals surface area contributed by atoms with E-state index in [2.05, 4.69) is 0 Å². The van der Waals surface area contributed by atoms with Gasteiger partial charge in [0.15, 0.2) is 0 Å². The Hall–Kier alpha value is -0.690. The van der Waals surface area contributed by atoms with Crippen LogP contribution < -0.4 is 5.84 Å². The highest BCUT2D eigenvalue weighted by Crippen LogP contribution is 2.13. The molecule has 0 amide bonds. The van der Waals surface area contributed by atoms with Gasteiger partial charge in [-0.05, 0) is 20.8 Å². The normalized spacial score (nSPS) is 23.7. The first-order chi connectivity index (χ1) is 7.83. The van der Waals surface area contributed by atoms with Crippen LogP contribution in [0.15, 0.2) is 0 Å². The summed E-state index contributed by atoms with van der Waals surface area (Å²) in [7, 11) is 0. The van der Waals surface area contributed by atoms with Crippen molar-refractivity contribution in [3.8, 4) is 0 Å². The molecule has 0 bridgehead atoms. The van der Waals surface area contributed by atoms with Crippen molar-refractivity contribution in [3.63, 3.8) is 0 Å². The van der Waals surface area contributed by atoms with E-state index in [0.717, 1.165) is 6.54 Å². The van der Waals surface area contributed by atoms with Crippen LogP contribution in [0.4, 0.5) is 0 Å². The van der Waals surface area contributed by atoms with Crippen molar-refractivity contribution < 1.29 is 14.6 Å². The lowest BCUT2D eigenvalue weighted by Crippen LogP contribution is -2.60. The summed E-state index contributed by atoms with van der Waals surface area (Å²) in [5.41, 5.74) is -0.503. The highest BCUT2D eigenvalue weighted by atomic mass is 16.6. The topological polar surface area (TPSA) is 79.0 Å². The number of nitrogens with zero attached hydrogens (tertiary/aromatic N) is 2. The molecular weight excluding hydrogens is 222 g/mol. The molecule has 1 aliphatic rings. The molecule has 1 saturated heterocycles. The van der Waals surface area contributed by atoms with E-state index in [0.29, 0.717) is 19.6 Å². The van der Waals surface area contributed by atoms with Gasteiger partial charge in [0, 0.05) is 26.2 Å². The second-order valence-corrected chi connectivity index (χ2v) is 5.31. The van der Waals surface area contributed by atoms with E-state index in [1.54, 1.807) is 0 Å². The van der Waals surface area contributed by atoms with Gasteiger partial charge in [0.05, 0.1) is 6.61 Å². The largest absolute Gasteiger partial charge is 0.459 e. The Morgan fingerprint density at radius 3 is 2.65 bits per heavy atom. The molecule has 1 aliphatic heterocycles. The lowest BCUT2D eigenvalue weighted by Gasteiger charge is -2.38. The van der Waals surface area contributed by atoms with Crippen molar-refractivity contribution in [2.24, 2.45) is 5.84 Å². The molecule has 0 aliphatic carbocycles. The predicted molar refractivity (Wildman–Crippen MR) is 64.1 cm³/mol. The first-order valence-electron chi connectivity index (χ1n) is 5.91. The molecule has 1 heterocycles. The zero-order valence-corrected chi connectivity index (χ0v) is 10.8. The molecule has 0 radical (unpaired) electrons. The van der Waals surface area contributed by atoms with Crippen LogP contribution in [0.25, 0.3) is 0 Å². The fourth-order valence-corrected chi connectivity index (χ4v) is 1.78. The van der Waals surface area contributed by atoms with Crippen molar-refractivity contribution in [2.45, 2.75) is 32.4 Å². The zero-order chi connectivity index (χ0) is 13.1. The van der Waals surface area contributed by atoms with E-state index >= 15 is 0 Å². The Labute approximate surface area is 102 Å². The molecule has 100 valence electrons. The quantitative estimate of drug-likeness (QED) is 0.499. The third-order valence-electron chi connectivity index (χ3n) is 2.60. The minimum absolute atomic E-state index is 0.0889. The maximum Gasteiger partial charge on any atom is 0.326 e. The molecule has 6 nitrogen and oxygen atoms in total. The summed E-state index contributed by atoms with van der Waals surface area (Å²) in [5, 5.41) is 10.4. The van der Waals surface area contributed by atoms with Crippen LogP contribution >= 0.6 is 0 Å². The number of piperazine rings is 1. The number of aliphatic hydroxyl groups excluding tert-OH is 1. The van der Waals surface area contributed by atoms with Crippen molar-refractivity contribution >= 4 is 5.97 Å². The van der Waals surface area contributed by atoms with E-state index in [-0.39, 0.29) is 12.6 Å². The van der Waals surface area contributed by atoms with E-state index in [9.17, 15) is 4.79 Å². The Kier molecular flexibility index (Phi) is 4.88. The lowest BCUT2D eigenvalue weighted by molar-refractivity contribution is -0.164. The van der Waals surface area contributed by atoms with E-state index in [1.165, 1.54) is 5.01 Å². The van der Waals surface area contributed by atoms with Gasteiger partial charge in [-0.1, -0.05) is 0 Å². The number of hydrazine groups is 1. The Bertz CT molecular complexity index is 265. The van der Waals surface area contributed by atoms with Crippen LogP contribution in [0.2, 0.25) is 0 Å². The molecule has 0 spiro atoms. The van der Waals surface area contributed by atoms with Gasteiger partial charge < -0.3 is 9.84 Å². The van der Waals surface area contributed by atoms with Crippen molar-refractivity contribution in [3.05, 3.63) is 0 Å². The summed E-state index contributed by atoms with van der Waals surface area (Å²) < 4.78 is 5.32. The van der Waals surface area contributed by atoms with Crippen molar-refractivity contribution in [2.75, 3.05) is 32.8 Å². The molecule has 0 aromatic rings. The molecular formula is C11H23N3O3. The predicted octanol–water partition coefficient (Wildman–Crippen LogP) is -0.820. The minimum Gasteiger partial charge on any atom is -0.459 e. The number of ether oxygens (including phenoxy) is 1. The molecule has 0 saturated carbocycles.